The van der Waals surface area contributed by atoms with E-state index in [1.54, 1.807) is 0 Å². The van der Waals surface area contributed by atoms with E-state index in [1.807, 2.05) is 0 Å². The maximum Gasteiger partial charge on any atom is 0.0938 e. The van der Waals surface area contributed by atoms with Gasteiger partial charge in [-0.05, 0) is 32.1 Å². The normalized spacial score (nSPS) is 31.7. The Kier molecular flexibility index (Phi) is 2.61. The molecule has 14 heavy (non-hydrogen) atoms. The van der Waals surface area contributed by atoms with Gasteiger partial charge in [-0.3, -0.25) is 4.90 Å². The molecule has 82 valence electrons. The van der Waals surface area contributed by atoms with Crippen molar-refractivity contribution < 1.29 is 4.74 Å². The quantitative estimate of drug-likeness (QED) is 0.672. The van der Waals surface area contributed by atoms with Gasteiger partial charge in [0.1, 0.15) is 0 Å². The summed E-state index contributed by atoms with van der Waals surface area (Å²) in [5, 5.41) is 0. The summed E-state index contributed by atoms with van der Waals surface area (Å²) in [6.45, 7) is 12.5. The van der Waals surface area contributed by atoms with Crippen LogP contribution in [0, 0.1) is 11.8 Å². The third-order valence-corrected chi connectivity index (χ3v) is 3.89. The van der Waals surface area contributed by atoms with Gasteiger partial charge in [-0.2, -0.15) is 0 Å². The Balaban J connectivity index is 1.86. The van der Waals surface area contributed by atoms with Gasteiger partial charge in [0, 0.05) is 19.1 Å². The van der Waals surface area contributed by atoms with Gasteiger partial charge in [0.2, 0.25) is 0 Å². The molecule has 0 aromatic heterocycles. The highest BCUT2D eigenvalue weighted by Gasteiger charge is 2.50. The summed E-state index contributed by atoms with van der Waals surface area (Å²) in [6.07, 6.45) is 1.29. The second-order valence-electron chi connectivity index (χ2n) is 5.70. The molecule has 0 aliphatic carbocycles. The minimum atomic E-state index is 0.249. The first-order chi connectivity index (χ1) is 6.52. The van der Waals surface area contributed by atoms with Crippen molar-refractivity contribution in [3.8, 4) is 0 Å². The Hall–Kier alpha value is -0.0800. The lowest BCUT2D eigenvalue weighted by Gasteiger charge is -2.49. The van der Waals surface area contributed by atoms with Crippen molar-refractivity contribution in [2.75, 3.05) is 19.7 Å². The smallest absolute Gasteiger partial charge is 0.0938 e. The first-order valence-electron chi connectivity index (χ1n) is 5.90. The zero-order chi connectivity index (χ0) is 10.3. The molecular formula is C12H23NO. The van der Waals surface area contributed by atoms with E-state index in [0.717, 1.165) is 31.5 Å². The average molecular weight is 197 g/mol. The topological polar surface area (TPSA) is 12.5 Å². The number of rotatable bonds is 2. The Morgan fingerprint density at radius 1 is 1.21 bits per heavy atom. The highest BCUT2D eigenvalue weighted by molar-refractivity contribution is 5.03. The fourth-order valence-electron chi connectivity index (χ4n) is 2.59. The molecule has 2 nitrogen and oxygen atoms in total. The second-order valence-corrected chi connectivity index (χ2v) is 5.70. The molecule has 0 saturated carbocycles. The molecule has 2 saturated heterocycles. The third-order valence-electron chi connectivity index (χ3n) is 3.89. The van der Waals surface area contributed by atoms with Crippen molar-refractivity contribution in [3.63, 3.8) is 0 Å². The van der Waals surface area contributed by atoms with E-state index in [-0.39, 0.29) is 5.60 Å². The number of ether oxygens (including phenoxy) is 1. The lowest BCUT2D eigenvalue weighted by atomic mass is 9.82. The third kappa shape index (κ3) is 1.70. The van der Waals surface area contributed by atoms with Gasteiger partial charge in [0.25, 0.3) is 0 Å². The van der Waals surface area contributed by atoms with E-state index in [9.17, 15) is 0 Å². The number of nitrogens with zero attached hydrogens (tertiary/aromatic N) is 1. The van der Waals surface area contributed by atoms with E-state index in [1.165, 1.54) is 6.42 Å². The molecule has 0 N–H and O–H groups in total. The summed E-state index contributed by atoms with van der Waals surface area (Å²) in [7, 11) is 0. The maximum atomic E-state index is 5.99. The standard InChI is InChI=1S/C12H23NO/c1-9(2)11-5-12(14-6-11)7-13(8-12)10(3)4/h9-11H,5-8H2,1-4H3/t11-/m1/s1. The highest BCUT2D eigenvalue weighted by Crippen LogP contribution is 2.40. The van der Waals surface area contributed by atoms with E-state index in [0.29, 0.717) is 6.04 Å². The van der Waals surface area contributed by atoms with Crippen molar-refractivity contribution in [3.05, 3.63) is 0 Å². The van der Waals surface area contributed by atoms with Crippen LogP contribution < -0.4 is 0 Å². The summed E-state index contributed by atoms with van der Waals surface area (Å²) in [5.74, 6) is 1.58. The largest absolute Gasteiger partial charge is 0.372 e. The van der Waals surface area contributed by atoms with Crippen LogP contribution in [0.3, 0.4) is 0 Å². The van der Waals surface area contributed by atoms with Gasteiger partial charge in [0.05, 0.1) is 12.2 Å². The summed E-state index contributed by atoms with van der Waals surface area (Å²) in [4.78, 5) is 2.50. The molecule has 2 rings (SSSR count). The van der Waals surface area contributed by atoms with Crippen molar-refractivity contribution in [2.24, 2.45) is 11.8 Å². The predicted molar refractivity (Wildman–Crippen MR) is 58.3 cm³/mol. The number of hydrogen-bond donors (Lipinski definition) is 0. The van der Waals surface area contributed by atoms with Crippen LogP contribution >= 0.6 is 0 Å². The zero-order valence-electron chi connectivity index (χ0n) is 9.92. The maximum absolute atomic E-state index is 5.99. The molecular weight excluding hydrogens is 174 g/mol. The molecule has 0 aromatic rings. The Morgan fingerprint density at radius 2 is 1.86 bits per heavy atom. The van der Waals surface area contributed by atoms with Gasteiger partial charge in [0.15, 0.2) is 0 Å². The summed E-state index contributed by atoms with van der Waals surface area (Å²) >= 11 is 0. The van der Waals surface area contributed by atoms with E-state index >= 15 is 0 Å². The molecule has 2 heterocycles. The summed E-state index contributed by atoms with van der Waals surface area (Å²) in [5.41, 5.74) is 0.249. The molecule has 2 aliphatic heterocycles. The van der Waals surface area contributed by atoms with Crippen molar-refractivity contribution in [1.29, 1.82) is 0 Å². The molecule has 2 heteroatoms. The lowest BCUT2D eigenvalue weighted by Crippen LogP contribution is -2.63. The molecule has 0 unspecified atom stereocenters. The Bertz CT molecular complexity index is 206. The summed E-state index contributed by atoms with van der Waals surface area (Å²) < 4.78 is 5.99. The van der Waals surface area contributed by atoms with Gasteiger partial charge in [-0.1, -0.05) is 13.8 Å². The van der Waals surface area contributed by atoms with Gasteiger partial charge in [-0.15, -0.1) is 0 Å². The predicted octanol–water partition coefficient (Wildman–Crippen LogP) is 2.14. The SMILES string of the molecule is CC(C)[C@H]1COC2(C1)CN(C(C)C)C2. The summed E-state index contributed by atoms with van der Waals surface area (Å²) in [6, 6.07) is 0.683. The molecule has 0 radical (unpaired) electrons. The van der Waals surface area contributed by atoms with Crippen LogP contribution in [0.5, 0.6) is 0 Å². The first kappa shape index (κ1) is 10.4. The average Bonchev–Trinajstić information content (AvgIpc) is 2.44. The second kappa shape index (κ2) is 3.49. The fourth-order valence-corrected chi connectivity index (χ4v) is 2.59. The highest BCUT2D eigenvalue weighted by atomic mass is 16.5. The minimum absolute atomic E-state index is 0.249. The molecule has 1 spiro atoms. The number of likely N-dealkylation sites (tertiary alicyclic amines) is 1. The lowest BCUT2D eigenvalue weighted by molar-refractivity contribution is -0.121. The van der Waals surface area contributed by atoms with Crippen LogP contribution in [0.1, 0.15) is 34.1 Å². The van der Waals surface area contributed by atoms with Crippen LogP contribution in [0.25, 0.3) is 0 Å². The Morgan fingerprint density at radius 3 is 2.29 bits per heavy atom. The van der Waals surface area contributed by atoms with Crippen LogP contribution in [0.2, 0.25) is 0 Å². The van der Waals surface area contributed by atoms with Crippen LogP contribution in [-0.2, 0) is 4.74 Å². The monoisotopic (exact) mass is 197 g/mol. The zero-order valence-corrected chi connectivity index (χ0v) is 9.92. The molecule has 2 fully saturated rings. The van der Waals surface area contributed by atoms with Gasteiger partial charge < -0.3 is 4.74 Å². The molecule has 0 bridgehead atoms. The van der Waals surface area contributed by atoms with Crippen molar-refractivity contribution >= 4 is 0 Å². The van der Waals surface area contributed by atoms with Gasteiger partial charge in [-0.25, -0.2) is 0 Å². The van der Waals surface area contributed by atoms with Crippen molar-refractivity contribution in [1.82, 2.24) is 4.90 Å². The molecule has 2 aliphatic rings. The van der Waals surface area contributed by atoms with Gasteiger partial charge >= 0.3 is 0 Å². The first-order valence-corrected chi connectivity index (χ1v) is 5.90. The minimum Gasteiger partial charge on any atom is -0.372 e. The molecule has 0 aromatic carbocycles. The van der Waals surface area contributed by atoms with Crippen molar-refractivity contribution in [2.45, 2.75) is 45.8 Å². The number of hydrogen-bond acceptors (Lipinski definition) is 2. The Labute approximate surface area is 87.6 Å². The molecule has 0 amide bonds. The van der Waals surface area contributed by atoms with Crippen LogP contribution in [0.4, 0.5) is 0 Å². The van der Waals surface area contributed by atoms with E-state index in [4.69, 9.17) is 4.74 Å². The fraction of sp³-hybridized carbons (Fsp3) is 1.00. The van der Waals surface area contributed by atoms with Crippen LogP contribution in [-0.4, -0.2) is 36.2 Å². The van der Waals surface area contributed by atoms with E-state index < -0.39 is 0 Å². The van der Waals surface area contributed by atoms with E-state index in [2.05, 4.69) is 32.6 Å². The van der Waals surface area contributed by atoms with Crippen LogP contribution in [0.15, 0.2) is 0 Å². The molecule has 1 atom stereocenters.